The molecule has 1 aromatic rings. The largest absolute Gasteiger partial charge is 0.224 e. The van der Waals surface area contributed by atoms with Crippen LogP contribution in [0.5, 0.6) is 0 Å². The van der Waals surface area contributed by atoms with E-state index in [2.05, 4.69) is 0 Å². The van der Waals surface area contributed by atoms with E-state index in [0.717, 1.165) is 6.26 Å². The third-order valence-electron chi connectivity index (χ3n) is 1.61. The molecule has 1 aromatic carbocycles. The summed E-state index contributed by atoms with van der Waals surface area (Å²) in [6.07, 6.45) is 1.13. The van der Waals surface area contributed by atoms with Gasteiger partial charge in [-0.25, -0.2) is 8.42 Å². The van der Waals surface area contributed by atoms with E-state index in [1.54, 1.807) is 6.92 Å². The lowest BCUT2D eigenvalue weighted by molar-refractivity contribution is 0.602. The average Bonchev–Trinajstić information content (AvgIpc) is 1.97. The maximum Gasteiger partial charge on any atom is 0.175 e. The number of hydrogen-bond donors (Lipinski definition) is 0. The van der Waals surface area contributed by atoms with Crippen LogP contribution in [0.4, 0.5) is 0 Å². The van der Waals surface area contributed by atoms with E-state index >= 15 is 0 Å². The molecule has 0 heterocycles. The molecule has 13 heavy (non-hydrogen) atoms. The van der Waals surface area contributed by atoms with Crippen LogP contribution in [0.2, 0.25) is 10.0 Å². The van der Waals surface area contributed by atoms with Crippen molar-refractivity contribution in [1.29, 1.82) is 0 Å². The fourth-order valence-corrected chi connectivity index (χ4v) is 2.07. The minimum atomic E-state index is -3.21. The summed E-state index contributed by atoms with van der Waals surface area (Å²) < 4.78 is 22.3. The Kier molecular flexibility index (Phi) is 2.90. The number of sulfone groups is 1. The van der Waals surface area contributed by atoms with Crippen molar-refractivity contribution in [2.24, 2.45) is 0 Å². The zero-order chi connectivity index (χ0) is 10.2. The fourth-order valence-electron chi connectivity index (χ4n) is 0.909. The maximum absolute atomic E-state index is 11.1. The van der Waals surface area contributed by atoms with Gasteiger partial charge in [0.05, 0.1) is 14.9 Å². The van der Waals surface area contributed by atoms with Crippen molar-refractivity contribution in [2.45, 2.75) is 11.8 Å². The van der Waals surface area contributed by atoms with Gasteiger partial charge in [0.25, 0.3) is 0 Å². The minimum absolute atomic E-state index is 0.194. The average molecular weight is 239 g/mol. The van der Waals surface area contributed by atoms with Crippen LogP contribution in [0.15, 0.2) is 17.0 Å². The van der Waals surface area contributed by atoms with E-state index in [9.17, 15) is 8.42 Å². The van der Waals surface area contributed by atoms with Crippen LogP contribution in [0.3, 0.4) is 0 Å². The lowest BCUT2D eigenvalue weighted by atomic mass is 10.2. The molecule has 0 bridgehead atoms. The maximum atomic E-state index is 11.1. The molecule has 0 N–H and O–H groups in total. The molecule has 0 aliphatic heterocycles. The summed E-state index contributed by atoms with van der Waals surface area (Å²) in [6.45, 7) is 1.71. The first-order valence-corrected chi connectivity index (χ1v) is 6.13. The smallest absolute Gasteiger partial charge is 0.175 e. The first-order chi connectivity index (χ1) is 5.82. The third kappa shape index (κ3) is 2.36. The first kappa shape index (κ1) is 10.8. The Hall–Kier alpha value is -0.250. The summed E-state index contributed by atoms with van der Waals surface area (Å²) in [5.41, 5.74) is 0.662. The van der Waals surface area contributed by atoms with Crippen LogP contribution in [0.25, 0.3) is 0 Å². The summed E-state index contributed by atoms with van der Waals surface area (Å²) in [7, 11) is -3.21. The lowest BCUT2D eigenvalue weighted by Crippen LogP contribution is -1.97. The molecule has 0 aliphatic carbocycles. The molecule has 0 saturated carbocycles. The number of aryl methyl sites for hydroxylation is 1. The number of benzene rings is 1. The highest BCUT2D eigenvalue weighted by atomic mass is 35.5. The van der Waals surface area contributed by atoms with Crippen LogP contribution < -0.4 is 0 Å². The van der Waals surface area contributed by atoms with Gasteiger partial charge >= 0.3 is 0 Å². The summed E-state index contributed by atoms with van der Waals surface area (Å²) in [6, 6.07) is 2.86. The molecule has 0 aromatic heterocycles. The highest BCUT2D eigenvalue weighted by Crippen LogP contribution is 2.28. The topological polar surface area (TPSA) is 34.1 Å². The van der Waals surface area contributed by atoms with E-state index in [1.165, 1.54) is 12.1 Å². The van der Waals surface area contributed by atoms with Gasteiger partial charge in [0.2, 0.25) is 0 Å². The molecular formula is C8H8Cl2O2S. The second-order valence-electron chi connectivity index (χ2n) is 2.81. The van der Waals surface area contributed by atoms with Gasteiger partial charge in [0, 0.05) is 6.26 Å². The third-order valence-corrected chi connectivity index (χ3v) is 3.60. The van der Waals surface area contributed by atoms with Crippen LogP contribution in [0.1, 0.15) is 5.56 Å². The van der Waals surface area contributed by atoms with Crippen molar-refractivity contribution in [1.82, 2.24) is 0 Å². The zero-order valence-electron chi connectivity index (χ0n) is 7.14. The standard InChI is InChI=1S/C8H8Cl2O2S/c1-5-3-6(13(2,11)12)4-7(9)8(5)10/h3-4H,1-2H3. The molecule has 72 valence electrons. The molecule has 0 radical (unpaired) electrons. The van der Waals surface area contributed by atoms with Crippen molar-refractivity contribution in [3.05, 3.63) is 27.7 Å². The Labute approximate surface area is 87.4 Å². The Morgan fingerprint density at radius 2 is 1.77 bits per heavy atom. The molecular weight excluding hydrogens is 231 g/mol. The highest BCUT2D eigenvalue weighted by Gasteiger charge is 2.11. The van der Waals surface area contributed by atoms with Gasteiger partial charge in [-0.1, -0.05) is 23.2 Å². The van der Waals surface area contributed by atoms with E-state index < -0.39 is 9.84 Å². The molecule has 2 nitrogen and oxygen atoms in total. The summed E-state index contributed by atoms with van der Waals surface area (Å²) in [4.78, 5) is 0.194. The van der Waals surface area contributed by atoms with Crippen molar-refractivity contribution in [3.63, 3.8) is 0 Å². The van der Waals surface area contributed by atoms with E-state index in [1.807, 2.05) is 0 Å². The first-order valence-electron chi connectivity index (χ1n) is 3.48. The normalized spacial score (nSPS) is 11.7. The van der Waals surface area contributed by atoms with Gasteiger partial charge in [-0.15, -0.1) is 0 Å². The van der Waals surface area contributed by atoms with E-state index in [-0.39, 0.29) is 9.92 Å². The summed E-state index contributed by atoms with van der Waals surface area (Å²) in [5.74, 6) is 0. The van der Waals surface area contributed by atoms with Gasteiger partial charge in [0.15, 0.2) is 9.84 Å². The minimum Gasteiger partial charge on any atom is -0.224 e. The quantitative estimate of drug-likeness (QED) is 0.755. The molecule has 0 spiro atoms. The Bertz CT molecular complexity index is 414. The summed E-state index contributed by atoms with van der Waals surface area (Å²) >= 11 is 11.5. The van der Waals surface area contributed by atoms with Gasteiger partial charge in [-0.3, -0.25) is 0 Å². The zero-order valence-corrected chi connectivity index (χ0v) is 9.46. The number of rotatable bonds is 1. The van der Waals surface area contributed by atoms with Crippen molar-refractivity contribution in [2.75, 3.05) is 6.26 Å². The second-order valence-corrected chi connectivity index (χ2v) is 5.61. The molecule has 0 amide bonds. The second kappa shape index (κ2) is 3.48. The summed E-state index contributed by atoms with van der Waals surface area (Å²) in [5, 5.41) is 0.663. The van der Waals surface area contributed by atoms with E-state index in [0.29, 0.717) is 10.6 Å². The van der Waals surface area contributed by atoms with Gasteiger partial charge in [-0.2, -0.15) is 0 Å². The van der Waals surface area contributed by atoms with E-state index in [4.69, 9.17) is 23.2 Å². The number of halogens is 2. The Morgan fingerprint density at radius 3 is 2.15 bits per heavy atom. The molecule has 1 rings (SSSR count). The molecule has 0 atom stereocenters. The SMILES string of the molecule is Cc1cc(S(C)(=O)=O)cc(Cl)c1Cl. The van der Waals surface area contributed by atoms with Crippen molar-refractivity contribution in [3.8, 4) is 0 Å². The molecule has 0 aliphatic rings. The van der Waals surface area contributed by atoms with Gasteiger partial charge < -0.3 is 0 Å². The molecule has 0 unspecified atom stereocenters. The predicted molar refractivity (Wildman–Crippen MR) is 54.3 cm³/mol. The lowest BCUT2D eigenvalue weighted by Gasteiger charge is -2.04. The Morgan fingerprint density at radius 1 is 1.23 bits per heavy atom. The highest BCUT2D eigenvalue weighted by molar-refractivity contribution is 7.90. The predicted octanol–water partition coefficient (Wildman–Crippen LogP) is 2.71. The van der Waals surface area contributed by atoms with Gasteiger partial charge in [-0.05, 0) is 24.6 Å². The van der Waals surface area contributed by atoms with Crippen LogP contribution in [0, 0.1) is 6.92 Å². The monoisotopic (exact) mass is 238 g/mol. The molecule has 0 saturated heterocycles. The van der Waals surface area contributed by atoms with Crippen LogP contribution in [-0.4, -0.2) is 14.7 Å². The molecule has 0 fully saturated rings. The number of hydrogen-bond acceptors (Lipinski definition) is 2. The van der Waals surface area contributed by atoms with Crippen LogP contribution >= 0.6 is 23.2 Å². The van der Waals surface area contributed by atoms with Crippen LogP contribution in [-0.2, 0) is 9.84 Å². The van der Waals surface area contributed by atoms with Gasteiger partial charge in [0.1, 0.15) is 0 Å². The fraction of sp³-hybridized carbons (Fsp3) is 0.250. The molecule has 5 heteroatoms. The van der Waals surface area contributed by atoms with Crippen molar-refractivity contribution >= 4 is 33.0 Å². The Balaban J connectivity index is 3.47. The van der Waals surface area contributed by atoms with Crippen molar-refractivity contribution < 1.29 is 8.42 Å².